The summed E-state index contributed by atoms with van der Waals surface area (Å²) in [6, 6.07) is 7.55. The Morgan fingerprint density at radius 1 is 1.30 bits per heavy atom. The van der Waals surface area contributed by atoms with Crippen LogP contribution in [0.5, 0.6) is 0 Å². The third-order valence-corrected chi connectivity index (χ3v) is 4.61. The maximum atomic E-state index is 12.1. The molecule has 0 bridgehead atoms. The summed E-state index contributed by atoms with van der Waals surface area (Å²) < 4.78 is 0.927. The van der Waals surface area contributed by atoms with Crippen molar-refractivity contribution < 1.29 is 14.7 Å². The zero-order valence-electron chi connectivity index (χ0n) is 11.8. The Bertz CT molecular complexity index is 547. The number of benzene rings is 1. The van der Waals surface area contributed by atoms with E-state index in [2.05, 4.69) is 15.9 Å². The van der Waals surface area contributed by atoms with Gasteiger partial charge in [-0.25, -0.2) is 9.69 Å². The molecule has 1 saturated heterocycles. The number of hydrogen-bond donors (Lipinski definition) is 1. The first-order valence-electron chi connectivity index (χ1n) is 6.52. The van der Waals surface area contributed by atoms with Crippen molar-refractivity contribution >= 4 is 27.9 Å². The van der Waals surface area contributed by atoms with Crippen LogP contribution in [-0.2, 0) is 10.3 Å². The average molecular weight is 340 g/mol. The number of likely N-dealkylation sites (tertiary alicyclic amines) is 1. The number of amides is 2. The Balaban J connectivity index is 2.66. The molecule has 0 aromatic heterocycles. The lowest BCUT2D eigenvalue weighted by molar-refractivity contribution is -0.131. The molecule has 0 radical (unpaired) electrons. The fourth-order valence-corrected chi connectivity index (χ4v) is 3.40. The van der Waals surface area contributed by atoms with Crippen molar-refractivity contribution in [1.29, 1.82) is 0 Å². The Labute approximate surface area is 126 Å². The third-order valence-electron chi connectivity index (χ3n) is 4.09. The predicted octanol–water partition coefficient (Wildman–Crippen LogP) is 3.99. The molecule has 5 heteroatoms. The highest BCUT2D eigenvalue weighted by atomic mass is 79.9. The zero-order valence-corrected chi connectivity index (χ0v) is 13.4. The summed E-state index contributed by atoms with van der Waals surface area (Å²) in [7, 11) is 0. The molecule has 2 rings (SSSR count). The molecule has 20 heavy (non-hydrogen) atoms. The lowest BCUT2D eigenvalue weighted by atomic mass is 9.68. The minimum Gasteiger partial charge on any atom is -0.465 e. The zero-order chi connectivity index (χ0) is 15.1. The molecule has 1 N–H and O–H groups in total. The summed E-state index contributed by atoms with van der Waals surface area (Å²) in [5.74, 6) is -0.324. The van der Waals surface area contributed by atoms with Crippen LogP contribution in [0.3, 0.4) is 0 Å². The van der Waals surface area contributed by atoms with Gasteiger partial charge in [-0.1, -0.05) is 48.8 Å². The summed E-state index contributed by atoms with van der Waals surface area (Å²) in [5, 5.41) is 9.49. The normalized spacial score (nSPS) is 23.2. The number of imide groups is 1. The molecule has 1 heterocycles. The van der Waals surface area contributed by atoms with E-state index in [0.717, 1.165) is 14.9 Å². The molecule has 0 aliphatic carbocycles. The van der Waals surface area contributed by atoms with Gasteiger partial charge in [-0.05, 0) is 29.5 Å². The first-order chi connectivity index (χ1) is 9.20. The van der Waals surface area contributed by atoms with Gasteiger partial charge in [0, 0.05) is 10.9 Å². The smallest absolute Gasteiger partial charge is 0.414 e. The van der Waals surface area contributed by atoms with Gasteiger partial charge in [-0.3, -0.25) is 4.79 Å². The highest BCUT2D eigenvalue weighted by molar-refractivity contribution is 9.10. The number of rotatable bonds is 1. The van der Waals surface area contributed by atoms with Crippen LogP contribution in [0.1, 0.15) is 39.2 Å². The standard InChI is InChI=1S/C15H18BrNO3/c1-14(2,3)15(10-4-6-11(16)7-5-10)9-8-12(18)17(15)13(19)20/h4-7H,8-9H2,1-3H3,(H,19,20)/t15-/m1/s1. The minimum atomic E-state index is -1.18. The molecule has 1 fully saturated rings. The highest BCUT2D eigenvalue weighted by Crippen LogP contribution is 2.51. The molecule has 4 nitrogen and oxygen atoms in total. The lowest BCUT2D eigenvalue weighted by Crippen LogP contribution is -2.54. The predicted molar refractivity (Wildman–Crippen MR) is 79.4 cm³/mol. The maximum absolute atomic E-state index is 12.1. The molecule has 0 unspecified atom stereocenters. The monoisotopic (exact) mass is 339 g/mol. The summed E-state index contributed by atoms with van der Waals surface area (Å²) in [6.07, 6.45) is -0.395. The fourth-order valence-electron chi connectivity index (χ4n) is 3.14. The van der Waals surface area contributed by atoms with Crippen LogP contribution < -0.4 is 0 Å². The third kappa shape index (κ3) is 2.14. The van der Waals surface area contributed by atoms with E-state index in [1.165, 1.54) is 0 Å². The van der Waals surface area contributed by atoms with Gasteiger partial charge in [0.2, 0.25) is 5.91 Å². The average Bonchev–Trinajstić information content (AvgIpc) is 2.68. The molecule has 0 saturated carbocycles. The first-order valence-corrected chi connectivity index (χ1v) is 7.31. The van der Waals surface area contributed by atoms with E-state index in [4.69, 9.17) is 0 Å². The van der Waals surface area contributed by atoms with Crippen molar-refractivity contribution in [3.05, 3.63) is 34.3 Å². The Morgan fingerprint density at radius 2 is 1.85 bits per heavy atom. The van der Waals surface area contributed by atoms with E-state index in [9.17, 15) is 14.7 Å². The quantitative estimate of drug-likeness (QED) is 0.841. The van der Waals surface area contributed by atoms with Crippen molar-refractivity contribution in [3.8, 4) is 0 Å². The largest absolute Gasteiger partial charge is 0.465 e. The SMILES string of the molecule is CC(C)(C)[C@]1(c2ccc(Br)cc2)CCC(=O)N1C(=O)O. The van der Waals surface area contributed by atoms with E-state index in [0.29, 0.717) is 6.42 Å². The van der Waals surface area contributed by atoms with Crippen molar-refractivity contribution in [1.82, 2.24) is 4.90 Å². The number of carbonyl (C=O) groups excluding carboxylic acids is 1. The lowest BCUT2D eigenvalue weighted by Gasteiger charge is -2.46. The summed E-state index contributed by atoms with van der Waals surface area (Å²) in [5.41, 5.74) is -0.330. The number of hydrogen-bond acceptors (Lipinski definition) is 2. The van der Waals surface area contributed by atoms with Gasteiger partial charge in [-0.15, -0.1) is 0 Å². The molecule has 2 amide bonds. The highest BCUT2D eigenvalue weighted by Gasteiger charge is 2.56. The van der Waals surface area contributed by atoms with Crippen LogP contribution >= 0.6 is 15.9 Å². The molecule has 1 aliphatic heterocycles. The van der Waals surface area contributed by atoms with Gasteiger partial charge < -0.3 is 5.11 Å². The molecule has 1 atom stereocenters. The van der Waals surface area contributed by atoms with Gasteiger partial charge in [0.15, 0.2) is 0 Å². The second-order valence-corrected chi connectivity index (χ2v) is 7.04. The molecule has 1 aliphatic rings. The molecular formula is C15H18BrNO3. The van der Waals surface area contributed by atoms with Crippen LogP contribution in [0.15, 0.2) is 28.7 Å². The maximum Gasteiger partial charge on any atom is 0.414 e. The molecule has 108 valence electrons. The second kappa shape index (κ2) is 4.88. The van der Waals surface area contributed by atoms with E-state index < -0.39 is 11.6 Å². The van der Waals surface area contributed by atoms with Crippen LogP contribution in [0.4, 0.5) is 4.79 Å². The van der Waals surface area contributed by atoms with Crippen molar-refractivity contribution in [2.24, 2.45) is 5.41 Å². The topological polar surface area (TPSA) is 57.6 Å². The number of carboxylic acid groups (broad SMARTS) is 1. The Morgan fingerprint density at radius 3 is 2.30 bits per heavy atom. The van der Waals surface area contributed by atoms with Gasteiger partial charge >= 0.3 is 6.09 Å². The van der Waals surface area contributed by atoms with Crippen molar-refractivity contribution in [2.45, 2.75) is 39.2 Å². The van der Waals surface area contributed by atoms with E-state index in [1.54, 1.807) is 0 Å². The number of nitrogens with zero attached hydrogens (tertiary/aromatic N) is 1. The number of carbonyl (C=O) groups is 2. The molecule has 1 aromatic rings. The first kappa shape index (κ1) is 15.0. The number of halogens is 1. The van der Waals surface area contributed by atoms with Gasteiger partial charge in [-0.2, -0.15) is 0 Å². The summed E-state index contributed by atoms with van der Waals surface area (Å²) in [4.78, 5) is 24.7. The summed E-state index contributed by atoms with van der Waals surface area (Å²) in [6.45, 7) is 5.93. The molecule has 0 spiro atoms. The fraction of sp³-hybridized carbons (Fsp3) is 0.467. The van der Waals surface area contributed by atoms with Crippen molar-refractivity contribution in [2.75, 3.05) is 0 Å². The Hall–Kier alpha value is -1.36. The van der Waals surface area contributed by atoms with Gasteiger partial charge in [0.25, 0.3) is 0 Å². The molecular weight excluding hydrogens is 322 g/mol. The van der Waals surface area contributed by atoms with Crippen LogP contribution in [0.2, 0.25) is 0 Å². The van der Waals surface area contributed by atoms with Crippen LogP contribution in [0.25, 0.3) is 0 Å². The van der Waals surface area contributed by atoms with Crippen LogP contribution in [-0.4, -0.2) is 22.0 Å². The van der Waals surface area contributed by atoms with Gasteiger partial charge in [0.1, 0.15) is 0 Å². The van der Waals surface area contributed by atoms with E-state index in [-0.39, 0.29) is 17.7 Å². The van der Waals surface area contributed by atoms with Crippen LogP contribution in [0, 0.1) is 5.41 Å². The van der Waals surface area contributed by atoms with E-state index in [1.807, 2.05) is 45.0 Å². The minimum absolute atomic E-state index is 0.264. The summed E-state index contributed by atoms with van der Waals surface area (Å²) >= 11 is 3.38. The van der Waals surface area contributed by atoms with Crippen molar-refractivity contribution in [3.63, 3.8) is 0 Å². The van der Waals surface area contributed by atoms with Gasteiger partial charge in [0.05, 0.1) is 5.54 Å². The Kier molecular flexibility index (Phi) is 3.67. The second-order valence-electron chi connectivity index (χ2n) is 6.13. The molecule has 1 aromatic carbocycles. The van der Waals surface area contributed by atoms with E-state index >= 15 is 0 Å².